The topological polar surface area (TPSA) is 98.8 Å². The summed E-state index contributed by atoms with van der Waals surface area (Å²) in [6.07, 6.45) is -3.73. The first-order valence-electron chi connectivity index (χ1n) is 9.49. The van der Waals surface area contributed by atoms with Crippen LogP contribution in [-0.4, -0.2) is 42.8 Å². The maximum Gasteiger partial charge on any atom is 0.416 e. The van der Waals surface area contributed by atoms with Gasteiger partial charge in [-0.3, -0.25) is 4.79 Å². The standard InChI is InChI=1S/C21H26F3N3O3/c1-27(16-6-4-5-15(12-16)21(22,23)24)10-3-2-9-26-13-19(29)14-7-8-18(28)17(11-14)20(25)30/h4-8,11-12,19,26,28-29H,2-3,9-10,13H2,1H3,(H2,25,30). The molecule has 0 aromatic heterocycles. The highest BCUT2D eigenvalue weighted by Gasteiger charge is 2.30. The average Bonchev–Trinajstić information content (AvgIpc) is 2.69. The summed E-state index contributed by atoms with van der Waals surface area (Å²) in [5.74, 6) is -1.02. The lowest BCUT2D eigenvalue weighted by molar-refractivity contribution is -0.137. The highest BCUT2D eigenvalue weighted by atomic mass is 19.4. The van der Waals surface area contributed by atoms with Crippen molar-refractivity contribution in [3.05, 3.63) is 59.2 Å². The number of alkyl halides is 3. The number of unbranched alkanes of at least 4 members (excludes halogenated alkanes) is 1. The van der Waals surface area contributed by atoms with Crippen LogP contribution in [0.4, 0.5) is 18.9 Å². The zero-order valence-corrected chi connectivity index (χ0v) is 16.6. The van der Waals surface area contributed by atoms with Gasteiger partial charge in [-0.05, 0) is 55.3 Å². The lowest BCUT2D eigenvalue weighted by atomic mass is 10.0. The molecule has 6 nitrogen and oxygen atoms in total. The van der Waals surface area contributed by atoms with Crippen LogP contribution in [0.25, 0.3) is 0 Å². The second kappa shape index (κ2) is 10.3. The zero-order chi connectivity index (χ0) is 22.3. The van der Waals surface area contributed by atoms with E-state index in [0.29, 0.717) is 24.3 Å². The number of amides is 1. The molecular formula is C21H26F3N3O3. The number of hydrogen-bond acceptors (Lipinski definition) is 5. The normalized spacial score (nSPS) is 12.6. The van der Waals surface area contributed by atoms with Gasteiger partial charge in [-0.2, -0.15) is 13.2 Å². The van der Waals surface area contributed by atoms with Crippen LogP contribution in [0.5, 0.6) is 5.75 Å². The zero-order valence-electron chi connectivity index (χ0n) is 16.6. The van der Waals surface area contributed by atoms with Crippen molar-refractivity contribution in [2.24, 2.45) is 5.73 Å². The van der Waals surface area contributed by atoms with Gasteiger partial charge in [0.25, 0.3) is 5.91 Å². The number of aromatic hydroxyl groups is 1. The van der Waals surface area contributed by atoms with E-state index in [9.17, 15) is 28.2 Å². The van der Waals surface area contributed by atoms with Crippen LogP contribution in [0.2, 0.25) is 0 Å². The van der Waals surface area contributed by atoms with Crippen LogP contribution < -0.4 is 16.0 Å². The van der Waals surface area contributed by atoms with E-state index >= 15 is 0 Å². The van der Waals surface area contributed by atoms with Crippen molar-refractivity contribution in [1.82, 2.24) is 5.32 Å². The lowest BCUT2D eigenvalue weighted by Crippen LogP contribution is -2.24. The molecular weight excluding hydrogens is 399 g/mol. The summed E-state index contributed by atoms with van der Waals surface area (Å²) in [5, 5.41) is 22.9. The molecule has 0 radical (unpaired) electrons. The summed E-state index contributed by atoms with van der Waals surface area (Å²) in [6, 6.07) is 9.39. The Morgan fingerprint density at radius 1 is 1.20 bits per heavy atom. The number of halogens is 3. The Morgan fingerprint density at radius 3 is 2.60 bits per heavy atom. The fourth-order valence-corrected chi connectivity index (χ4v) is 2.96. The number of phenols is 1. The predicted octanol–water partition coefficient (Wildman–Crippen LogP) is 3.05. The second-order valence-electron chi connectivity index (χ2n) is 7.04. The highest BCUT2D eigenvalue weighted by molar-refractivity contribution is 5.95. The summed E-state index contributed by atoms with van der Waals surface area (Å²) < 4.78 is 38.4. The van der Waals surface area contributed by atoms with E-state index in [1.807, 2.05) is 0 Å². The van der Waals surface area contributed by atoms with Gasteiger partial charge in [0.2, 0.25) is 0 Å². The van der Waals surface area contributed by atoms with Gasteiger partial charge in [-0.25, -0.2) is 0 Å². The molecule has 2 aromatic rings. The van der Waals surface area contributed by atoms with Gasteiger partial charge in [-0.15, -0.1) is 0 Å². The van der Waals surface area contributed by atoms with Gasteiger partial charge < -0.3 is 26.2 Å². The minimum atomic E-state index is -4.36. The Balaban J connectivity index is 1.73. The Bertz CT molecular complexity index is 859. The summed E-state index contributed by atoms with van der Waals surface area (Å²) >= 11 is 0. The van der Waals surface area contributed by atoms with E-state index in [0.717, 1.165) is 25.0 Å². The van der Waals surface area contributed by atoms with E-state index in [4.69, 9.17) is 5.73 Å². The largest absolute Gasteiger partial charge is 0.507 e. The average molecular weight is 425 g/mol. The molecule has 0 bridgehead atoms. The van der Waals surface area contributed by atoms with Crippen molar-refractivity contribution >= 4 is 11.6 Å². The summed E-state index contributed by atoms with van der Waals surface area (Å²) in [6.45, 7) is 1.44. The van der Waals surface area contributed by atoms with Crippen molar-refractivity contribution in [1.29, 1.82) is 0 Å². The van der Waals surface area contributed by atoms with Crippen molar-refractivity contribution in [2.45, 2.75) is 25.1 Å². The molecule has 1 atom stereocenters. The molecule has 0 heterocycles. The van der Waals surface area contributed by atoms with Crippen molar-refractivity contribution in [2.75, 3.05) is 31.6 Å². The quantitative estimate of drug-likeness (QED) is 0.439. The van der Waals surface area contributed by atoms with Crippen LogP contribution >= 0.6 is 0 Å². The van der Waals surface area contributed by atoms with Crippen LogP contribution in [-0.2, 0) is 6.18 Å². The van der Waals surface area contributed by atoms with Gasteiger partial charge in [0, 0.05) is 25.8 Å². The van der Waals surface area contributed by atoms with Gasteiger partial charge >= 0.3 is 6.18 Å². The molecule has 2 aromatic carbocycles. The third kappa shape index (κ3) is 6.64. The molecule has 1 amide bonds. The maximum atomic E-state index is 12.8. The van der Waals surface area contributed by atoms with Gasteiger partial charge in [0.05, 0.1) is 17.2 Å². The first-order valence-corrected chi connectivity index (χ1v) is 9.49. The molecule has 9 heteroatoms. The minimum absolute atomic E-state index is 0.0517. The number of hydrogen-bond donors (Lipinski definition) is 4. The van der Waals surface area contributed by atoms with E-state index in [1.54, 1.807) is 18.0 Å². The Labute approximate surface area is 173 Å². The van der Waals surface area contributed by atoms with E-state index in [-0.39, 0.29) is 17.9 Å². The van der Waals surface area contributed by atoms with Gasteiger partial charge in [-0.1, -0.05) is 12.1 Å². The Morgan fingerprint density at radius 2 is 1.93 bits per heavy atom. The molecule has 164 valence electrons. The fraction of sp³-hybridized carbons (Fsp3) is 0.381. The molecule has 0 fully saturated rings. The number of carbonyl (C=O) groups excluding carboxylic acids is 1. The summed E-state index contributed by atoms with van der Waals surface area (Å²) in [5.41, 5.74) is 5.42. The number of aliphatic hydroxyl groups excluding tert-OH is 1. The van der Waals surface area contributed by atoms with E-state index < -0.39 is 23.8 Å². The van der Waals surface area contributed by atoms with Crippen molar-refractivity contribution in [3.63, 3.8) is 0 Å². The number of rotatable bonds is 10. The highest BCUT2D eigenvalue weighted by Crippen LogP contribution is 2.31. The fourth-order valence-electron chi connectivity index (χ4n) is 2.96. The number of carbonyl (C=O) groups is 1. The lowest BCUT2D eigenvalue weighted by Gasteiger charge is -2.20. The number of benzene rings is 2. The Hall–Kier alpha value is -2.78. The van der Waals surface area contributed by atoms with Crippen molar-refractivity contribution < 1.29 is 28.2 Å². The van der Waals surface area contributed by atoms with Crippen LogP contribution in [0.1, 0.15) is 40.4 Å². The maximum absolute atomic E-state index is 12.8. The first kappa shape index (κ1) is 23.5. The van der Waals surface area contributed by atoms with Gasteiger partial charge in [0.15, 0.2) is 0 Å². The van der Waals surface area contributed by atoms with E-state index in [2.05, 4.69) is 5.32 Å². The van der Waals surface area contributed by atoms with Crippen LogP contribution in [0, 0.1) is 0 Å². The molecule has 0 aliphatic rings. The molecule has 2 rings (SSSR count). The SMILES string of the molecule is CN(CCCCNCC(O)c1ccc(O)c(C(N)=O)c1)c1cccc(C(F)(F)F)c1. The monoisotopic (exact) mass is 425 g/mol. The molecule has 0 saturated heterocycles. The van der Waals surface area contributed by atoms with Crippen LogP contribution in [0.3, 0.4) is 0 Å². The number of nitrogens with two attached hydrogens (primary N) is 1. The Kier molecular flexibility index (Phi) is 8.08. The molecule has 30 heavy (non-hydrogen) atoms. The molecule has 0 aliphatic heterocycles. The molecule has 5 N–H and O–H groups in total. The number of primary amides is 1. The van der Waals surface area contributed by atoms with Crippen LogP contribution in [0.15, 0.2) is 42.5 Å². The molecule has 1 unspecified atom stereocenters. The third-order valence-electron chi connectivity index (χ3n) is 4.72. The predicted molar refractivity (Wildman–Crippen MR) is 108 cm³/mol. The summed E-state index contributed by atoms with van der Waals surface area (Å²) in [7, 11) is 1.74. The molecule has 0 saturated carbocycles. The number of nitrogens with zero attached hydrogens (tertiary/aromatic N) is 1. The first-order chi connectivity index (χ1) is 14.1. The smallest absolute Gasteiger partial charge is 0.416 e. The molecule has 0 spiro atoms. The second-order valence-corrected chi connectivity index (χ2v) is 7.04. The van der Waals surface area contributed by atoms with Crippen molar-refractivity contribution in [3.8, 4) is 5.75 Å². The van der Waals surface area contributed by atoms with Gasteiger partial charge in [0.1, 0.15) is 5.75 Å². The molecule has 0 aliphatic carbocycles. The summed E-state index contributed by atoms with van der Waals surface area (Å²) in [4.78, 5) is 13.0. The minimum Gasteiger partial charge on any atom is -0.507 e. The number of nitrogens with one attached hydrogen (secondary N) is 1. The number of aliphatic hydroxyl groups is 1. The van der Waals surface area contributed by atoms with E-state index in [1.165, 1.54) is 24.3 Å². The third-order valence-corrected chi connectivity index (χ3v) is 4.72. The number of anilines is 1.